The molecule has 1 aliphatic heterocycles. The third kappa shape index (κ3) is 2.64. The number of anilines is 1. The fraction of sp³-hybridized carbons (Fsp3) is 0.333. The Balaban J connectivity index is 2.20. The van der Waals surface area contributed by atoms with Crippen LogP contribution < -0.4 is 10.2 Å². The maximum absolute atomic E-state index is 11.8. The molecule has 0 radical (unpaired) electrons. The highest BCUT2D eigenvalue weighted by Gasteiger charge is 2.32. The zero-order chi connectivity index (χ0) is 13.1. The molecule has 1 atom stereocenters. The van der Waals surface area contributed by atoms with Gasteiger partial charge in [0.25, 0.3) is 0 Å². The minimum Gasteiger partial charge on any atom is -0.481 e. The maximum atomic E-state index is 11.8. The highest BCUT2D eigenvalue weighted by Crippen LogP contribution is 2.30. The van der Waals surface area contributed by atoms with Gasteiger partial charge in [0.2, 0.25) is 0 Å². The van der Waals surface area contributed by atoms with Crippen molar-refractivity contribution >= 4 is 33.6 Å². The number of hydrogen-bond donors (Lipinski definition) is 2. The molecule has 1 unspecified atom stereocenters. The van der Waals surface area contributed by atoms with E-state index < -0.39 is 5.97 Å². The molecule has 1 aliphatic rings. The first kappa shape index (κ1) is 12.9. The Bertz CT molecular complexity index is 478. The smallest absolute Gasteiger partial charge is 0.322 e. The van der Waals surface area contributed by atoms with Crippen LogP contribution in [0.2, 0.25) is 0 Å². The van der Waals surface area contributed by atoms with Crippen molar-refractivity contribution < 1.29 is 14.7 Å². The monoisotopic (exact) mass is 312 g/mol. The predicted octanol–water partition coefficient (Wildman–Crippen LogP) is 2.21. The van der Waals surface area contributed by atoms with Gasteiger partial charge in [-0.15, -0.1) is 0 Å². The minimum absolute atomic E-state index is 0.0561. The van der Waals surface area contributed by atoms with Crippen molar-refractivity contribution in [2.45, 2.75) is 18.9 Å². The van der Waals surface area contributed by atoms with E-state index in [4.69, 9.17) is 5.11 Å². The van der Waals surface area contributed by atoms with Crippen molar-refractivity contribution in [1.82, 2.24) is 5.32 Å². The normalized spacial score (nSPS) is 18.8. The summed E-state index contributed by atoms with van der Waals surface area (Å²) in [6, 6.07) is 7.11. The third-order valence-electron chi connectivity index (χ3n) is 2.88. The summed E-state index contributed by atoms with van der Waals surface area (Å²) in [5, 5.41) is 11.5. The van der Waals surface area contributed by atoms with E-state index in [-0.39, 0.29) is 18.5 Å². The number of carbonyl (C=O) groups excluding carboxylic acids is 1. The first-order valence-electron chi connectivity index (χ1n) is 5.63. The molecule has 1 fully saturated rings. The van der Waals surface area contributed by atoms with Gasteiger partial charge in [0.05, 0.1) is 11.7 Å². The molecule has 96 valence electrons. The molecule has 1 aromatic rings. The molecule has 1 saturated heterocycles. The van der Waals surface area contributed by atoms with Crippen molar-refractivity contribution in [2.75, 3.05) is 11.4 Å². The van der Waals surface area contributed by atoms with Crippen LogP contribution >= 0.6 is 15.9 Å². The predicted molar refractivity (Wildman–Crippen MR) is 70.7 cm³/mol. The Morgan fingerprint density at radius 2 is 2.22 bits per heavy atom. The van der Waals surface area contributed by atoms with Crippen LogP contribution in [0.4, 0.5) is 10.5 Å². The Morgan fingerprint density at radius 3 is 2.89 bits per heavy atom. The van der Waals surface area contributed by atoms with Crippen LogP contribution in [0.1, 0.15) is 12.8 Å². The van der Waals surface area contributed by atoms with E-state index in [9.17, 15) is 9.59 Å². The number of para-hydroxylation sites is 1. The molecule has 18 heavy (non-hydrogen) atoms. The molecule has 2 amide bonds. The average Bonchev–Trinajstić information content (AvgIpc) is 2.69. The third-order valence-corrected chi connectivity index (χ3v) is 3.55. The van der Waals surface area contributed by atoms with Gasteiger partial charge in [-0.1, -0.05) is 12.1 Å². The van der Waals surface area contributed by atoms with E-state index in [2.05, 4.69) is 21.2 Å². The van der Waals surface area contributed by atoms with Crippen LogP contribution in [0.25, 0.3) is 0 Å². The van der Waals surface area contributed by atoms with Crippen LogP contribution in [0, 0.1) is 0 Å². The summed E-state index contributed by atoms with van der Waals surface area (Å²) in [5.74, 6) is -0.846. The second-order valence-electron chi connectivity index (χ2n) is 4.09. The summed E-state index contributed by atoms with van der Waals surface area (Å²) in [6.07, 6.45) is 0.496. The van der Waals surface area contributed by atoms with E-state index in [1.165, 1.54) is 0 Å². The zero-order valence-electron chi connectivity index (χ0n) is 9.60. The van der Waals surface area contributed by atoms with Gasteiger partial charge in [-0.3, -0.25) is 9.69 Å². The molecule has 2 N–H and O–H groups in total. The van der Waals surface area contributed by atoms with Gasteiger partial charge in [0, 0.05) is 17.4 Å². The van der Waals surface area contributed by atoms with Crippen LogP contribution in [0.5, 0.6) is 0 Å². The van der Waals surface area contributed by atoms with Gasteiger partial charge in [-0.2, -0.15) is 0 Å². The molecule has 0 aromatic heterocycles. The van der Waals surface area contributed by atoms with Gasteiger partial charge < -0.3 is 10.4 Å². The molecule has 0 aliphatic carbocycles. The summed E-state index contributed by atoms with van der Waals surface area (Å²) in [4.78, 5) is 24.1. The molecule has 1 heterocycles. The lowest BCUT2D eigenvalue weighted by Crippen LogP contribution is -2.34. The fourth-order valence-electron chi connectivity index (χ4n) is 2.02. The quantitative estimate of drug-likeness (QED) is 0.895. The second kappa shape index (κ2) is 5.39. The number of hydrogen-bond acceptors (Lipinski definition) is 2. The van der Waals surface area contributed by atoms with Crippen molar-refractivity contribution in [2.24, 2.45) is 0 Å². The molecule has 0 bridgehead atoms. The number of rotatable bonds is 4. The number of amides is 2. The number of carbonyl (C=O) groups is 2. The van der Waals surface area contributed by atoms with Crippen molar-refractivity contribution in [3.63, 3.8) is 0 Å². The number of nitrogens with one attached hydrogen (secondary N) is 1. The van der Waals surface area contributed by atoms with Crippen molar-refractivity contribution in [1.29, 1.82) is 0 Å². The topological polar surface area (TPSA) is 69.6 Å². The fourth-order valence-corrected chi connectivity index (χ4v) is 2.50. The largest absolute Gasteiger partial charge is 0.481 e. The van der Waals surface area contributed by atoms with Gasteiger partial charge in [-0.25, -0.2) is 4.79 Å². The van der Waals surface area contributed by atoms with Crippen molar-refractivity contribution in [3.05, 3.63) is 28.7 Å². The first-order chi connectivity index (χ1) is 8.59. The Morgan fingerprint density at radius 1 is 1.50 bits per heavy atom. The van der Waals surface area contributed by atoms with Crippen LogP contribution in [0.3, 0.4) is 0 Å². The summed E-state index contributed by atoms with van der Waals surface area (Å²) in [7, 11) is 0. The highest BCUT2D eigenvalue weighted by molar-refractivity contribution is 9.10. The lowest BCUT2D eigenvalue weighted by Gasteiger charge is -2.23. The van der Waals surface area contributed by atoms with Crippen LogP contribution in [0.15, 0.2) is 28.7 Å². The Labute approximate surface area is 113 Å². The average molecular weight is 313 g/mol. The molecule has 2 rings (SSSR count). The van der Waals surface area contributed by atoms with E-state index in [0.717, 1.165) is 10.2 Å². The number of nitrogens with zero attached hydrogens (tertiary/aromatic N) is 1. The lowest BCUT2D eigenvalue weighted by molar-refractivity contribution is -0.137. The van der Waals surface area contributed by atoms with E-state index >= 15 is 0 Å². The maximum Gasteiger partial charge on any atom is 0.322 e. The van der Waals surface area contributed by atoms with E-state index in [1.807, 2.05) is 24.3 Å². The molecule has 0 spiro atoms. The molecule has 6 heteroatoms. The second-order valence-corrected chi connectivity index (χ2v) is 4.95. The Kier molecular flexibility index (Phi) is 3.86. The van der Waals surface area contributed by atoms with E-state index in [1.54, 1.807) is 4.90 Å². The molecular weight excluding hydrogens is 300 g/mol. The number of halogens is 1. The van der Waals surface area contributed by atoms with Gasteiger partial charge in [0.15, 0.2) is 0 Å². The SMILES string of the molecule is O=C(O)CCC1CNC(=O)N1c1ccccc1Br. The summed E-state index contributed by atoms with van der Waals surface area (Å²) >= 11 is 3.40. The van der Waals surface area contributed by atoms with Crippen LogP contribution in [-0.2, 0) is 4.79 Å². The summed E-state index contributed by atoms with van der Waals surface area (Å²) in [5.41, 5.74) is 0.767. The number of aliphatic carboxylic acids is 1. The lowest BCUT2D eigenvalue weighted by atomic mass is 10.1. The van der Waals surface area contributed by atoms with Crippen LogP contribution in [-0.4, -0.2) is 29.7 Å². The summed E-state index contributed by atoms with van der Waals surface area (Å²) in [6.45, 7) is 0.480. The van der Waals surface area contributed by atoms with Gasteiger partial charge in [-0.05, 0) is 34.5 Å². The summed E-state index contributed by atoms with van der Waals surface area (Å²) < 4.78 is 0.822. The number of carboxylic acids is 1. The van der Waals surface area contributed by atoms with Gasteiger partial charge in [0.1, 0.15) is 0 Å². The minimum atomic E-state index is -0.846. The molecule has 1 aromatic carbocycles. The molecule has 0 saturated carbocycles. The standard InChI is InChI=1S/C12H13BrN2O3/c13-9-3-1-2-4-10(9)15-8(5-6-11(16)17)7-14-12(15)18/h1-4,8H,5-7H2,(H,14,18)(H,16,17). The highest BCUT2D eigenvalue weighted by atomic mass is 79.9. The van der Waals surface area contributed by atoms with Crippen molar-refractivity contribution in [3.8, 4) is 0 Å². The number of benzene rings is 1. The van der Waals surface area contributed by atoms with E-state index in [0.29, 0.717) is 13.0 Å². The molecular formula is C12H13BrN2O3. The first-order valence-corrected chi connectivity index (χ1v) is 6.42. The number of urea groups is 1. The van der Waals surface area contributed by atoms with Gasteiger partial charge >= 0.3 is 12.0 Å². The zero-order valence-corrected chi connectivity index (χ0v) is 11.2. The number of carboxylic acid groups (broad SMARTS) is 1. The Hall–Kier alpha value is -1.56. The molecule has 5 nitrogen and oxygen atoms in total.